The molecule has 0 saturated heterocycles. The van der Waals surface area contributed by atoms with Crippen molar-refractivity contribution in [2.75, 3.05) is 12.3 Å². The second kappa shape index (κ2) is 6.51. The van der Waals surface area contributed by atoms with Crippen molar-refractivity contribution in [3.8, 4) is 0 Å². The summed E-state index contributed by atoms with van der Waals surface area (Å²) in [5.41, 5.74) is 5.10. The second-order valence-corrected chi connectivity index (χ2v) is 4.88. The van der Waals surface area contributed by atoms with E-state index in [4.69, 9.17) is 10.5 Å². The zero-order chi connectivity index (χ0) is 18.0. The van der Waals surface area contributed by atoms with Gasteiger partial charge in [0, 0.05) is 6.20 Å². The number of esters is 1. The summed E-state index contributed by atoms with van der Waals surface area (Å²) in [7, 11) is 0. The number of carbonyl (C=O) groups excluding carboxylic acids is 1. The maximum atomic E-state index is 13.6. The van der Waals surface area contributed by atoms with Gasteiger partial charge in [-0.3, -0.25) is 9.89 Å². The van der Waals surface area contributed by atoms with Crippen LogP contribution in [0.3, 0.4) is 0 Å². The average Bonchev–Trinajstić information content (AvgIpc) is 2.91. The first kappa shape index (κ1) is 16.3. The first-order valence-corrected chi connectivity index (χ1v) is 7.25. The highest BCUT2D eigenvalue weighted by atomic mass is 19.1. The van der Waals surface area contributed by atoms with Gasteiger partial charge in [-0.2, -0.15) is 0 Å². The van der Waals surface area contributed by atoms with Crippen LogP contribution in [0, 0.1) is 5.82 Å². The Kier molecular flexibility index (Phi) is 4.25. The molecule has 0 aliphatic carbocycles. The highest BCUT2D eigenvalue weighted by Gasteiger charge is 2.18. The van der Waals surface area contributed by atoms with Crippen LogP contribution in [0.5, 0.6) is 0 Å². The lowest BCUT2D eigenvalue weighted by Crippen LogP contribution is -2.13. The molecule has 0 fully saturated rings. The van der Waals surface area contributed by atoms with Crippen LogP contribution >= 0.6 is 0 Å². The predicted molar refractivity (Wildman–Crippen MR) is 86.8 cm³/mol. The summed E-state index contributed by atoms with van der Waals surface area (Å²) >= 11 is 0. The van der Waals surface area contributed by atoms with Crippen molar-refractivity contribution < 1.29 is 13.9 Å². The number of H-pyrrole nitrogens is 1. The fourth-order valence-electron chi connectivity index (χ4n) is 2.11. The number of hydrogen-bond acceptors (Lipinski definition) is 7. The van der Waals surface area contributed by atoms with Crippen LogP contribution in [0.25, 0.3) is 5.65 Å². The highest BCUT2D eigenvalue weighted by molar-refractivity contribution is 5.94. The Morgan fingerprint density at radius 2 is 2.16 bits per heavy atom. The predicted octanol–water partition coefficient (Wildman–Crippen LogP) is 2.34. The monoisotopic (exact) mass is 344 g/mol. The van der Waals surface area contributed by atoms with Gasteiger partial charge in [-0.05, 0) is 19.1 Å². The van der Waals surface area contributed by atoms with Crippen molar-refractivity contribution in [3.63, 3.8) is 0 Å². The molecule has 3 rings (SSSR count). The number of rotatable bonds is 4. The Balaban J connectivity index is 2.07. The molecule has 0 radical (unpaired) electrons. The summed E-state index contributed by atoms with van der Waals surface area (Å²) in [6.45, 7) is 1.82. The smallest absolute Gasteiger partial charge is 0.343 e. The summed E-state index contributed by atoms with van der Waals surface area (Å²) in [6.07, 6.45) is 1.18. The number of nitrogens with zero attached hydrogens (tertiary/aromatic N) is 4. The number of anilines is 1. The van der Waals surface area contributed by atoms with Crippen molar-refractivity contribution >= 4 is 28.8 Å². The maximum Gasteiger partial charge on any atom is 0.343 e. The summed E-state index contributed by atoms with van der Waals surface area (Å²) in [6, 6.07) is 5.72. The van der Waals surface area contributed by atoms with Crippen LogP contribution < -0.4 is 11.3 Å². The first-order valence-electron chi connectivity index (χ1n) is 7.25. The minimum atomic E-state index is -0.668. The number of benzene rings is 1. The molecule has 0 atom stereocenters. The number of aromatic nitrogens is 3. The van der Waals surface area contributed by atoms with Crippen LogP contribution in [0.1, 0.15) is 17.3 Å². The van der Waals surface area contributed by atoms with E-state index in [1.165, 1.54) is 24.4 Å². The summed E-state index contributed by atoms with van der Waals surface area (Å²) in [4.78, 5) is 27.9. The van der Waals surface area contributed by atoms with E-state index in [9.17, 15) is 14.0 Å². The van der Waals surface area contributed by atoms with Crippen LogP contribution in [0.15, 0.2) is 45.5 Å². The molecule has 9 nitrogen and oxygen atoms in total. The third kappa shape index (κ3) is 2.96. The minimum Gasteiger partial charge on any atom is -0.462 e. The number of nitrogens with two attached hydrogens (primary N) is 1. The van der Waals surface area contributed by atoms with E-state index in [0.29, 0.717) is 0 Å². The standard InChI is InChI=1S/C15H13FN6O3/c1-2-25-15(24)8-7-18-13-11(14(23)21-22(13)12(8)17)20-19-10-6-4-3-5-9(10)16/h3-7H,2,17H2,1H3,(H,21,23). The zero-order valence-electron chi connectivity index (χ0n) is 13.1. The molecule has 0 aliphatic rings. The molecule has 128 valence electrons. The second-order valence-electron chi connectivity index (χ2n) is 4.88. The van der Waals surface area contributed by atoms with Crippen molar-refractivity contribution in [1.82, 2.24) is 14.6 Å². The minimum absolute atomic E-state index is 0.00167. The lowest BCUT2D eigenvalue weighted by atomic mass is 10.3. The SMILES string of the molecule is CCOC(=O)c1cnc2c(N=Nc3ccccc3F)c(=O)[nH]n2c1N. The van der Waals surface area contributed by atoms with Crippen LogP contribution in [-0.2, 0) is 4.74 Å². The van der Waals surface area contributed by atoms with Gasteiger partial charge >= 0.3 is 5.97 Å². The lowest BCUT2D eigenvalue weighted by molar-refractivity contribution is 0.0526. The number of ether oxygens (including phenoxy) is 1. The molecule has 0 amide bonds. The molecular formula is C15H13FN6O3. The third-order valence-electron chi connectivity index (χ3n) is 3.29. The summed E-state index contributed by atoms with van der Waals surface area (Å²) in [5, 5.41) is 9.89. The van der Waals surface area contributed by atoms with Crippen LogP contribution in [-0.4, -0.2) is 27.2 Å². The molecule has 0 bridgehead atoms. The van der Waals surface area contributed by atoms with Gasteiger partial charge in [0.1, 0.15) is 17.1 Å². The Hall–Kier alpha value is -3.56. The largest absolute Gasteiger partial charge is 0.462 e. The van der Waals surface area contributed by atoms with Crippen LogP contribution in [0.2, 0.25) is 0 Å². The summed E-state index contributed by atoms with van der Waals surface area (Å²) in [5.74, 6) is -1.31. The molecule has 25 heavy (non-hydrogen) atoms. The molecule has 1 aromatic carbocycles. The van der Waals surface area contributed by atoms with Gasteiger partial charge in [-0.15, -0.1) is 10.2 Å². The van der Waals surface area contributed by atoms with E-state index in [1.54, 1.807) is 13.0 Å². The molecule has 2 aromatic heterocycles. The first-order chi connectivity index (χ1) is 12.0. The Morgan fingerprint density at radius 1 is 1.40 bits per heavy atom. The fraction of sp³-hybridized carbons (Fsp3) is 0.133. The van der Waals surface area contributed by atoms with E-state index in [-0.39, 0.29) is 35.0 Å². The molecule has 0 aliphatic heterocycles. The number of nitrogen functional groups attached to an aromatic ring is 1. The molecule has 0 spiro atoms. The third-order valence-corrected chi connectivity index (χ3v) is 3.29. The maximum absolute atomic E-state index is 13.6. The quantitative estimate of drug-likeness (QED) is 0.554. The number of aromatic amines is 1. The molecule has 0 saturated carbocycles. The van der Waals surface area contributed by atoms with Crippen molar-refractivity contribution in [2.45, 2.75) is 6.92 Å². The van der Waals surface area contributed by atoms with E-state index >= 15 is 0 Å². The molecule has 2 heterocycles. The number of carbonyl (C=O) groups is 1. The molecule has 10 heteroatoms. The van der Waals surface area contributed by atoms with Gasteiger partial charge < -0.3 is 10.5 Å². The van der Waals surface area contributed by atoms with Crippen molar-refractivity contribution in [2.24, 2.45) is 10.2 Å². The lowest BCUT2D eigenvalue weighted by Gasteiger charge is -2.06. The number of nitrogens with one attached hydrogen (secondary N) is 1. The zero-order valence-corrected chi connectivity index (χ0v) is 13.1. The Labute approximate surface area is 139 Å². The molecular weight excluding hydrogens is 331 g/mol. The summed E-state index contributed by atoms with van der Waals surface area (Å²) < 4.78 is 19.5. The number of azo groups is 1. The topological polar surface area (TPSA) is 127 Å². The molecule has 3 N–H and O–H groups in total. The Morgan fingerprint density at radius 3 is 2.88 bits per heavy atom. The normalized spacial score (nSPS) is 11.3. The van der Waals surface area contributed by atoms with Gasteiger partial charge in [0.25, 0.3) is 5.56 Å². The van der Waals surface area contributed by atoms with Crippen molar-refractivity contribution in [1.29, 1.82) is 0 Å². The van der Waals surface area contributed by atoms with Gasteiger partial charge in [0.2, 0.25) is 0 Å². The van der Waals surface area contributed by atoms with E-state index in [0.717, 1.165) is 4.52 Å². The van der Waals surface area contributed by atoms with E-state index in [1.807, 2.05) is 0 Å². The number of halogens is 1. The van der Waals surface area contributed by atoms with E-state index < -0.39 is 17.3 Å². The number of fused-ring (bicyclic) bond motifs is 1. The average molecular weight is 344 g/mol. The molecule has 0 unspecified atom stereocenters. The van der Waals surface area contributed by atoms with Gasteiger partial charge in [0.15, 0.2) is 17.2 Å². The van der Waals surface area contributed by atoms with Gasteiger partial charge in [-0.25, -0.2) is 18.7 Å². The fourth-order valence-corrected chi connectivity index (χ4v) is 2.11. The van der Waals surface area contributed by atoms with Crippen molar-refractivity contribution in [3.05, 3.63) is 52.2 Å². The molecule has 3 aromatic rings. The Bertz CT molecular complexity index is 1040. The van der Waals surface area contributed by atoms with Gasteiger partial charge in [0.05, 0.1) is 6.61 Å². The van der Waals surface area contributed by atoms with Gasteiger partial charge in [-0.1, -0.05) is 12.1 Å². The van der Waals surface area contributed by atoms with E-state index in [2.05, 4.69) is 20.3 Å². The highest BCUT2D eigenvalue weighted by Crippen LogP contribution is 2.23. The van der Waals surface area contributed by atoms with Crippen LogP contribution in [0.4, 0.5) is 21.6 Å². The number of hydrogen-bond donors (Lipinski definition) is 2.